The molecule has 0 bridgehead atoms. The van der Waals surface area contributed by atoms with Gasteiger partial charge >= 0.3 is 0 Å². The van der Waals surface area contributed by atoms with Gasteiger partial charge in [-0.25, -0.2) is 13.8 Å². The molecule has 1 saturated carbocycles. The van der Waals surface area contributed by atoms with Crippen molar-refractivity contribution in [1.82, 2.24) is 4.98 Å². The van der Waals surface area contributed by atoms with Gasteiger partial charge in [-0.3, -0.25) is 4.99 Å². The molecule has 1 aromatic carbocycles. The van der Waals surface area contributed by atoms with E-state index in [0.29, 0.717) is 28.5 Å². The lowest BCUT2D eigenvalue weighted by Gasteiger charge is -2.20. The van der Waals surface area contributed by atoms with Crippen LogP contribution < -0.4 is 16.0 Å². The van der Waals surface area contributed by atoms with Crippen LogP contribution in [0.25, 0.3) is 0 Å². The molecule has 3 N–H and O–H groups in total. The third kappa shape index (κ3) is 6.55. The fourth-order valence-electron chi connectivity index (χ4n) is 4.65. The number of hydrogen-bond donors (Lipinski definition) is 3. The number of anilines is 4. The number of aliphatic imine (C=N–C) groups is 1. The van der Waals surface area contributed by atoms with Crippen molar-refractivity contribution in [3.05, 3.63) is 47.7 Å². The molecule has 184 valence electrons. The maximum absolute atomic E-state index is 12.9. The number of alkyl halides is 2. The van der Waals surface area contributed by atoms with E-state index in [2.05, 4.69) is 85.1 Å². The van der Waals surface area contributed by atoms with Crippen molar-refractivity contribution in [2.24, 2.45) is 10.4 Å². The Morgan fingerprint density at radius 1 is 1.26 bits per heavy atom. The van der Waals surface area contributed by atoms with Crippen molar-refractivity contribution in [2.45, 2.75) is 72.1 Å². The first-order chi connectivity index (χ1) is 16.1. The van der Waals surface area contributed by atoms with E-state index in [1.807, 2.05) is 6.07 Å². The van der Waals surface area contributed by atoms with Gasteiger partial charge in [0, 0.05) is 17.5 Å². The molecule has 2 aromatic rings. The average molecular weight is 470 g/mol. The van der Waals surface area contributed by atoms with E-state index < -0.39 is 13.0 Å². The molecule has 3 rings (SSSR count). The highest BCUT2D eigenvalue weighted by atomic mass is 19.3. The summed E-state index contributed by atoms with van der Waals surface area (Å²) in [5.41, 5.74) is 5.63. The van der Waals surface area contributed by atoms with Gasteiger partial charge in [0.2, 0.25) is 0 Å². The Balaban J connectivity index is 1.91. The normalized spacial score (nSPS) is 17.0. The van der Waals surface area contributed by atoms with Crippen LogP contribution >= 0.6 is 0 Å². The van der Waals surface area contributed by atoms with Crippen LogP contribution in [0.2, 0.25) is 0 Å². The topological polar surface area (TPSA) is 61.3 Å². The number of nitrogens with zero attached hydrogens (tertiary/aromatic N) is 2. The Labute approximate surface area is 202 Å². The largest absolute Gasteiger partial charge is 0.362 e. The van der Waals surface area contributed by atoms with Crippen molar-refractivity contribution in [2.75, 3.05) is 22.5 Å². The summed E-state index contributed by atoms with van der Waals surface area (Å²) in [6.07, 6.45) is 2.86. The van der Waals surface area contributed by atoms with Crippen LogP contribution in [-0.4, -0.2) is 24.7 Å². The van der Waals surface area contributed by atoms with Crippen molar-refractivity contribution in [3.63, 3.8) is 0 Å². The molecule has 0 amide bonds. The summed E-state index contributed by atoms with van der Waals surface area (Å²) in [5.74, 6) is 1.33. The zero-order valence-electron chi connectivity index (χ0n) is 20.8. The number of rotatable bonds is 11. The first-order valence-electron chi connectivity index (χ1n) is 12.0. The molecule has 1 aliphatic rings. The lowest BCUT2D eigenvalue weighted by atomic mass is 9.88. The highest BCUT2D eigenvalue weighted by molar-refractivity contribution is 5.85. The number of nitrogens with one attached hydrogen (secondary N) is 3. The predicted molar refractivity (Wildman–Crippen MR) is 140 cm³/mol. The zero-order valence-corrected chi connectivity index (χ0v) is 20.8. The molecule has 1 fully saturated rings. The first-order valence-corrected chi connectivity index (χ1v) is 12.0. The quantitative estimate of drug-likeness (QED) is 0.291. The maximum Gasteiger partial charge on any atom is 0.255 e. The van der Waals surface area contributed by atoms with Gasteiger partial charge in [0.25, 0.3) is 6.43 Å². The second kappa shape index (κ2) is 11.0. The van der Waals surface area contributed by atoms with Crippen LogP contribution in [0.5, 0.6) is 0 Å². The minimum Gasteiger partial charge on any atom is -0.362 e. The molecule has 1 unspecified atom stereocenters. The summed E-state index contributed by atoms with van der Waals surface area (Å²) in [5, 5.41) is 9.31. The number of allylic oxidation sites excluding steroid dienone is 1. The van der Waals surface area contributed by atoms with E-state index in [1.165, 1.54) is 24.8 Å². The first kappa shape index (κ1) is 25.7. The molecule has 5 nitrogen and oxygen atoms in total. The van der Waals surface area contributed by atoms with E-state index in [9.17, 15) is 8.78 Å². The van der Waals surface area contributed by atoms with Crippen LogP contribution in [0.1, 0.15) is 69.9 Å². The number of aryl methyl sites for hydroxylation is 1. The molecule has 0 spiro atoms. The minimum absolute atomic E-state index is 0.245. The molecule has 1 atom stereocenters. The molecule has 7 heteroatoms. The highest BCUT2D eigenvalue weighted by Crippen LogP contribution is 2.46. The van der Waals surface area contributed by atoms with E-state index in [4.69, 9.17) is 0 Å². The molecular weight excluding hydrogens is 432 g/mol. The number of pyridine rings is 1. The van der Waals surface area contributed by atoms with Crippen molar-refractivity contribution in [3.8, 4) is 0 Å². The van der Waals surface area contributed by atoms with Gasteiger partial charge in [-0.1, -0.05) is 45.9 Å². The highest BCUT2D eigenvalue weighted by Gasteiger charge is 2.31. The molecule has 1 aliphatic carbocycles. The zero-order chi connectivity index (χ0) is 24.9. The van der Waals surface area contributed by atoms with Gasteiger partial charge in [0.05, 0.1) is 12.2 Å². The van der Waals surface area contributed by atoms with Crippen LogP contribution in [0.4, 0.5) is 37.5 Å². The predicted octanol–water partition coefficient (Wildman–Crippen LogP) is 8.16. The fourth-order valence-corrected chi connectivity index (χ4v) is 4.65. The molecule has 1 heterocycles. The SMILES string of the molecule is C=Nc1c(Nc2ccc(C3CCC(C)(C)C3)cc2C)cc(NC(=C)CCC)nc1NCC(F)F. The number of halogens is 2. The van der Waals surface area contributed by atoms with Gasteiger partial charge in [0.15, 0.2) is 5.82 Å². The van der Waals surface area contributed by atoms with Gasteiger partial charge in [-0.05, 0) is 67.9 Å². The van der Waals surface area contributed by atoms with Gasteiger partial charge in [-0.2, -0.15) is 0 Å². The van der Waals surface area contributed by atoms with E-state index in [-0.39, 0.29) is 5.82 Å². The summed E-state index contributed by atoms with van der Waals surface area (Å²) < 4.78 is 25.8. The van der Waals surface area contributed by atoms with Crippen LogP contribution in [0, 0.1) is 12.3 Å². The minimum atomic E-state index is -2.52. The standard InChI is InChI=1S/C27H37F2N5/c1-7-8-18(3)32-24-14-22(25(30-6)26(34-24)31-16-23(28)29)33-21-10-9-19(13-17(21)2)20-11-12-27(4,5)15-20/h9-10,13-14,20,23H,3,6-8,11-12,15-16H2,1-2,4-5H3,(H3,31,32,33,34). The summed E-state index contributed by atoms with van der Waals surface area (Å²) in [6.45, 7) is 16.0. The summed E-state index contributed by atoms with van der Waals surface area (Å²) >= 11 is 0. The number of benzene rings is 1. The van der Waals surface area contributed by atoms with Gasteiger partial charge < -0.3 is 16.0 Å². The summed E-state index contributed by atoms with van der Waals surface area (Å²) in [6, 6.07) is 8.32. The van der Waals surface area contributed by atoms with Crippen LogP contribution in [0.3, 0.4) is 0 Å². The van der Waals surface area contributed by atoms with E-state index in [0.717, 1.165) is 29.8 Å². The summed E-state index contributed by atoms with van der Waals surface area (Å²) in [4.78, 5) is 8.55. The van der Waals surface area contributed by atoms with Gasteiger partial charge in [0.1, 0.15) is 11.5 Å². The molecule has 34 heavy (non-hydrogen) atoms. The average Bonchev–Trinajstić information content (AvgIpc) is 3.13. The third-order valence-corrected chi connectivity index (χ3v) is 6.39. The Morgan fingerprint density at radius 3 is 2.62 bits per heavy atom. The Bertz CT molecular complexity index is 1030. The second-order valence-electron chi connectivity index (χ2n) is 9.96. The lowest BCUT2D eigenvalue weighted by Crippen LogP contribution is -2.13. The Morgan fingerprint density at radius 2 is 2.03 bits per heavy atom. The Kier molecular flexibility index (Phi) is 8.28. The smallest absolute Gasteiger partial charge is 0.255 e. The van der Waals surface area contributed by atoms with Crippen molar-refractivity contribution >= 4 is 35.4 Å². The Hall–Kier alpha value is -2.96. The van der Waals surface area contributed by atoms with E-state index >= 15 is 0 Å². The van der Waals surface area contributed by atoms with Crippen molar-refractivity contribution < 1.29 is 8.78 Å². The monoisotopic (exact) mass is 469 g/mol. The molecule has 0 saturated heterocycles. The second-order valence-corrected chi connectivity index (χ2v) is 9.96. The third-order valence-electron chi connectivity index (χ3n) is 6.39. The van der Waals surface area contributed by atoms with Crippen LogP contribution in [0.15, 0.2) is 41.5 Å². The van der Waals surface area contributed by atoms with Crippen LogP contribution in [-0.2, 0) is 0 Å². The summed E-state index contributed by atoms with van der Waals surface area (Å²) in [7, 11) is 0. The maximum atomic E-state index is 12.9. The molecular formula is C27H37F2N5. The van der Waals surface area contributed by atoms with E-state index in [1.54, 1.807) is 0 Å². The molecule has 0 aliphatic heterocycles. The van der Waals surface area contributed by atoms with Gasteiger partial charge in [-0.15, -0.1) is 0 Å². The number of aromatic nitrogens is 1. The lowest BCUT2D eigenvalue weighted by molar-refractivity contribution is 0.163. The van der Waals surface area contributed by atoms with Crippen molar-refractivity contribution in [1.29, 1.82) is 0 Å². The number of hydrogen-bond acceptors (Lipinski definition) is 5. The molecule has 0 radical (unpaired) electrons. The fraction of sp³-hybridized carbons (Fsp3) is 0.481. The molecule has 1 aromatic heterocycles.